The summed E-state index contributed by atoms with van der Waals surface area (Å²) in [5, 5.41) is 11.6. The van der Waals surface area contributed by atoms with Crippen molar-refractivity contribution in [2.75, 3.05) is 12.4 Å². The van der Waals surface area contributed by atoms with Crippen molar-refractivity contribution >= 4 is 23.4 Å². The van der Waals surface area contributed by atoms with Gasteiger partial charge in [0.25, 0.3) is 5.91 Å². The molecular formula is C21H17FN6O2S. The molecule has 0 atom stereocenters. The van der Waals surface area contributed by atoms with Crippen LogP contribution in [0, 0.1) is 5.82 Å². The molecule has 0 aliphatic heterocycles. The lowest BCUT2D eigenvalue weighted by molar-refractivity contribution is 0.102. The first-order chi connectivity index (χ1) is 15.1. The van der Waals surface area contributed by atoms with Crippen molar-refractivity contribution in [1.82, 2.24) is 25.0 Å². The van der Waals surface area contributed by atoms with Crippen LogP contribution in [0.4, 0.5) is 10.1 Å². The van der Waals surface area contributed by atoms with E-state index in [0.717, 1.165) is 0 Å². The summed E-state index contributed by atoms with van der Waals surface area (Å²) in [6.07, 6.45) is 3.28. The maximum atomic E-state index is 13.4. The fourth-order valence-corrected chi connectivity index (χ4v) is 3.55. The van der Waals surface area contributed by atoms with Crippen molar-refractivity contribution in [1.29, 1.82) is 0 Å². The highest BCUT2D eigenvalue weighted by molar-refractivity contribution is 7.98. The molecule has 0 radical (unpaired) electrons. The molecule has 4 rings (SSSR count). The van der Waals surface area contributed by atoms with Crippen LogP contribution in [0.25, 0.3) is 5.69 Å². The number of aromatic nitrogens is 5. The quantitative estimate of drug-likeness (QED) is 0.348. The lowest BCUT2D eigenvalue weighted by atomic mass is 10.2. The topological polar surface area (TPSA) is 94.8 Å². The van der Waals surface area contributed by atoms with Crippen molar-refractivity contribution in [3.63, 3.8) is 0 Å². The zero-order valence-corrected chi connectivity index (χ0v) is 17.2. The molecule has 0 aliphatic carbocycles. The second-order valence-electron chi connectivity index (χ2n) is 6.28. The molecule has 0 spiro atoms. The predicted molar refractivity (Wildman–Crippen MR) is 114 cm³/mol. The van der Waals surface area contributed by atoms with Crippen molar-refractivity contribution in [3.8, 4) is 11.4 Å². The van der Waals surface area contributed by atoms with Gasteiger partial charge in [-0.1, -0.05) is 17.0 Å². The largest absolute Gasteiger partial charge is 0.497 e. The molecule has 2 aromatic heterocycles. The Bertz CT molecular complexity index is 1170. The van der Waals surface area contributed by atoms with E-state index in [1.807, 2.05) is 0 Å². The number of methoxy groups -OCH3 is 1. The number of ether oxygens (including phenoxy) is 1. The van der Waals surface area contributed by atoms with Gasteiger partial charge in [-0.15, -0.1) is 5.10 Å². The average molecular weight is 436 g/mol. The highest BCUT2D eigenvalue weighted by Gasteiger charge is 2.21. The Balaban J connectivity index is 1.63. The van der Waals surface area contributed by atoms with Gasteiger partial charge < -0.3 is 10.1 Å². The van der Waals surface area contributed by atoms with Gasteiger partial charge in [0.2, 0.25) is 0 Å². The number of amides is 1. The smallest absolute Gasteiger partial charge is 0.278 e. The van der Waals surface area contributed by atoms with E-state index in [4.69, 9.17) is 4.74 Å². The molecule has 1 N–H and O–H groups in total. The van der Waals surface area contributed by atoms with Crippen LogP contribution in [-0.2, 0) is 5.75 Å². The van der Waals surface area contributed by atoms with Crippen molar-refractivity contribution in [3.05, 3.63) is 84.2 Å². The number of carbonyl (C=O) groups is 1. The van der Waals surface area contributed by atoms with Crippen molar-refractivity contribution in [2.45, 2.75) is 10.9 Å². The predicted octanol–water partition coefficient (Wildman–Crippen LogP) is 3.75. The van der Waals surface area contributed by atoms with Crippen LogP contribution >= 0.6 is 11.8 Å². The fraction of sp³-hybridized carbons (Fsp3) is 0.0952. The monoisotopic (exact) mass is 436 g/mol. The first-order valence-electron chi connectivity index (χ1n) is 9.20. The van der Waals surface area contributed by atoms with Crippen LogP contribution in [0.1, 0.15) is 16.2 Å². The van der Waals surface area contributed by atoms with Crippen molar-refractivity contribution < 1.29 is 13.9 Å². The summed E-state index contributed by atoms with van der Waals surface area (Å²) in [7, 11) is 1.57. The summed E-state index contributed by atoms with van der Waals surface area (Å²) < 4.78 is 20.0. The normalized spacial score (nSPS) is 10.6. The second kappa shape index (κ2) is 9.35. The maximum absolute atomic E-state index is 13.4. The van der Waals surface area contributed by atoms with Crippen LogP contribution in [0.15, 0.2) is 72.1 Å². The number of hydrogen-bond donors (Lipinski definition) is 1. The summed E-state index contributed by atoms with van der Waals surface area (Å²) in [4.78, 5) is 21.3. The third-order valence-corrected chi connectivity index (χ3v) is 5.16. The van der Waals surface area contributed by atoms with E-state index in [2.05, 4.69) is 25.6 Å². The third kappa shape index (κ3) is 4.86. The number of thioether (sulfide) groups is 1. The minimum atomic E-state index is -0.414. The van der Waals surface area contributed by atoms with Crippen LogP contribution in [-0.4, -0.2) is 38.0 Å². The van der Waals surface area contributed by atoms with Gasteiger partial charge in [-0.2, -0.15) is 0 Å². The molecule has 4 aromatic rings. The summed E-state index contributed by atoms with van der Waals surface area (Å²) in [6, 6.07) is 14.5. The molecule has 0 aliphatic rings. The summed E-state index contributed by atoms with van der Waals surface area (Å²) in [6.45, 7) is 0. The molecule has 1 amide bonds. The third-order valence-electron chi connectivity index (χ3n) is 4.28. The van der Waals surface area contributed by atoms with Crippen LogP contribution in [0.2, 0.25) is 0 Å². The molecule has 0 saturated carbocycles. The lowest BCUT2D eigenvalue weighted by Crippen LogP contribution is -2.15. The minimum absolute atomic E-state index is 0.156. The fourth-order valence-electron chi connectivity index (χ4n) is 2.75. The molecule has 2 heterocycles. The lowest BCUT2D eigenvalue weighted by Gasteiger charge is -2.09. The van der Waals surface area contributed by atoms with Crippen LogP contribution in [0.3, 0.4) is 0 Å². The second-order valence-corrected chi connectivity index (χ2v) is 7.22. The molecule has 31 heavy (non-hydrogen) atoms. The Hall–Kier alpha value is -3.79. The number of nitrogens with zero attached hydrogens (tertiary/aromatic N) is 5. The Morgan fingerprint density at radius 2 is 1.81 bits per heavy atom. The van der Waals surface area contributed by atoms with Gasteiger partial charge in [0.1, 0.15) is 11.6 Å². The Labute approximate surface area is 181 Å². The Kier molecular flexibility index (Phi) is 6.18. The molecule has 156 valence electrons. The number of benzene rings is 2. The minimum Gasteiger partial charge on any atom is -0.497 e. The van der Waals surface area contributed by atoms with Gasteiger partial charge in [-0.3, -0.25) is 4.79 Å². The number of anilines is 1. The molecule has 0 unspecified atom stereocenters. The van der Waals surface area contributed by atoms with Gasteiger partial charge in [0, 0.05) is 23.8 Å². The van der Waals surface area contributed by atoms with E-state index in [1.54, 1.807) is 62.0 Å². The van der Waals surface area contributed by atoms with Gasteiger partial charge in [0.15, 0.2) is 10.9 Å². The van der Waals surface area contributed by atoms with E-state index in [9.17, 15) is 9.18 Å². The number of carbonyl (C=O) groups excluding carboxylic acids is 1. The van der Waals surface area contributed by atoms with Gasteiger partial charge >= 0.3 is 0 Å². The first-order valence-corrected chi connectivity index (χ1v) is 10.2. The molecule has 0 fully saturated rings. The van der Waals surface area contributed by atoms with E-state index >= 15 is 0 Å². The number of hydrogen-bond acceptors (Lipinski definition) is 7. The molecule has 2 aromatic carbocycles. The van der Waals surface area contributed by atoms with Gasteiger partial charge in [-0.25, -0.2) is 19.0 Å². The average Bonchev–Trinajstić information content (AvgIpc) is 3.23. The zero-order chi connectivity index (χ0) is 21.6. The molecular weight excluding hydrogens is 419 g/mol. The first kappa shape index (κ1) is 20.5. The van der Waals surface area contributed by atoms with Crippen molar-refractivity contribution in [2.24, 2.45) is 0 Å². The molecule has 10 heteroatoms. The van der Waals surface area contributed by atoms with Crippen LogP contribution < -0.4 is 10.1 Å². The van der Waals surface area contributed by atoms with Crippen LogP contribution in [0.5, 0.6) is 5.75 Å². The number of halogens is 1. The molecule has 0 saturated heterocycles. The maximum Gasteiger partial charge on any atom is 0.278 e. The Morgan fingerprint density at radius 3 is 2.48 bits per heavy atom. The van der Waals surface area contributed by atoms with Gasteiger partial charge in [0.05, 0.1) is 18.5 Å². The van der Waals surface area contributed by atoms with E-state index in [1.165, 1.54) is 28.6 Å². The highest BCUT2D eigenvalue weighted by Crippen LogP contribution is 2.24. The summed E-state index contributed by atoms with van der Waals surface area (Å²) in [5.74, 6) is 0.234. The van der Waals surface area contributed by atoms with Gasteiger partial charge in [-0.05, 0) is 54.6 Å². The number of rotatable bonds is 7. The van der Waals surface area contributed by atoms with E-state index < -0.39 is 5.91 Å². The SMILES string of the molecule is COc1ccc(NC(=O)c2nnn(-c3ccc(F)cc3)c2CSc2ncccn2)cc1. The van der Waals surface area contributed by atoms with E-state index in [0.29, 0.717) is 33.7 Å². The molecule has 8 nitrogen and oxygen atoms in total. The number of nitrogens with one attached hydrogen (secondary N) is 1. The molecule has 0 bridgehead atoms. The Morgan fingerprint density at radius 1 is 1.10 bits per heavy atom. The standard InChI is InChI=1S/C21H17FN6O2S/c1-30-17-9-5-15(6-10-17)25-20(29)19-18(13-31-21-23-11-2-12-24-21)28(27-26-19)16-7-3-14(22)4-8-16/h2-12H,13H2,1H3,(H,25,29). The van der Waals surface area contributed by atoms with E-state index in [-0.39, 0.29) is 11.5 Å². The summed E-state index contributed by atoms with van der Waals surface area (Å²) in [5.41, 5.74) is 1.87. The zero-order valence-electron chi connectivity index (χ0n) is 16.4. The summed E-state index contributed by atoms with van der Waals surface area (Å²) >= 11 is 1.34. The highest BCUT2D eigenvalue weighted by atomic mass is 32.2.